The summed E-state index contributed by atoms with van der Waals surface area (Å²) in [5.74, 6) is 0. The molecule has 2 N–H and O–H groups in total. The Balaban J connectivity index is 2.10. The number of hydrogen-bond donors (Lipinski definition) is 1. The highest BCUT2D eigenvalue weighted by molar-refractivity contribution is 7.15. The van der Waals surface area contributed by atoms with E-state index >= 15 is 0 Å². The number of aromatic nitrogens is 1. The van der Waals surface area contributed by atoms with E-state index in [1.54, 1.807) is 11.3 Å². The molecule has 2 rings (SSSR count). The van der Waals surface area contributed by atoms with Crippen LogP contribution in [0.25, 0.3) is 0 Å². The third-order valence-corrected chi connectivity index (χ3v) is 5.76. The monoisotopic (exact) mass is 296 g/mol. The molecular formula is C15H28N4S. The minimum Gasteiger partial charge on any atom is -0.349 e. The van der Waals surface area contributed by atoms with Crippen molar-refractivity contribution in [3.8, 4) is 0 Å². The zero-order valence-electron chi connectivity index (χ0n) is 13.3. The molecule has 1 saturated carbocycles. The fraction of sp³-hybridized carbons (Fsp3) is 0.800. The van der Waals surface area contributed by atoms with Crippen LogP contribution in [0.4, 0.5) is 5.13 Å². The fourth-order valence-corrected chi connectivity index (χ4v) is 3.91. The van der Waals surface area contributed by atoms with Crippen LogP contribution in [0.2, 0.25) is 0 Å². The summed E-state index contributed by atoms with van der Waals surface area (Å²) in [6.07, 6.45) is 6.10. The lowest BCUT2D eigenvalue weighted by Gasteiger charge is -2.49. The molecule has 0 saturated heterocycles. The fourth-order valence-electron chi connectivity index (χ4n) is 2.97. The molecule has 0 spiro atoms. The van der Waals surface area contributed by atoms with Crippen molar-refractivity contribution >= 4 is 16.5 Å². The number of likely N-dealkylation sites (N-methyl/N-ethyl adjacent to an activating group) is 2. The van der Waals surface area contributed by atoms with E-state index in [1.165, 1.54) is 29.8 Å². The third-order valence-electron chi connectivity index (χ3n) is 4.53. The van der Waals surface area contributed by atoms with Crippen molar-refractivity contribution in [2.24, 2.45) is 5.73 Å². The average molecular weight is 296 g/mol. The van der Waals surface area contributed by atoms with Crippen molar-refractivity contribution in [3.63, 3.8) is 0 Å². The van der Waals surface area contributed by atoms with Crippen molar-refractivity contribution in [2.45, 2.75) is 51.1 Å². The zero-order valence-corrected chi connectivity index (χ0v) is 14.1. The molecule has 1 aliphatic rings. The van der Waals surface area contributed by atoms with Crippen LogP contribution in [0.3, 0.4) is 0 Å². The Labute approximate surface area is 127 Å². The Bertz CT molecular complexity index is 437. The summed E-state index contributed by atoms with van der Waals surface area (Å²) in [6, 6.07) is 0. The highest BCUT2D eigenvalue weighted by Crippen LogP contribution is 2.38. The molecule has 0 radical (unpaired) electrons. The van der Waals surface area contributed by atoms with Crippen LogP contribution in [0.15, 0.2) is 0 Å². The second kappa shape index (κ2) is 6.41. The number of nitrogens with two attached hydrogens (primary N) is 1. The van der Waals surface area contributed by atoms with E-state index in [1.807, 2.05) is 0 Å². The Kier molecular flexibility index (Phi) is 5.04. The van der Waals surface area contributed by atoms with Crippen LogP contribution < -0.4 is 10.6 Å². The van der Waals surface area contributed by atoms with Crippen LogP contribution >= 0.6 is 11.3 Å². The normalized spacial score (nSPS) is 17.3. The van der Waals surface area contributed by atoms with E-state index in [2.05, 4.69) is 37.9 Å². The quantitative estimate of drug-likeness (QED) is 0.839. The molecule has 1 fully saturated rings. The van der Waals surface area contributed by atoms with Gasteiger partial charge in [0, 0.05) is 30.6 Å². The summed E-state index contributed by atoms with van der Waals surface area (Å²) in [6.45, 7) is 3.86. The van der Waals surface area contributed by atoms with Crippen molar-refractivity contribution in [1.29, 1.82) is 0 Å². The second-order valence-electron chi connectivity index (χ2n) is 6.15. The van der Waals surface area contributed by atoms with E-state index in [-0.39, 0.29) is 0 Å². The van der Waals surface area contributed by atoms with E-state index in [0.717, 1.165) is 24.5 Å². The van der Waals surface area contributed by atoms with Gasteiger partial charge in [-0.15, -0.1) is 11.3 Å². The first-order chi connectivity index (χ1) is 9.52. The largest absolute Gasteiger partial charge is 0.349 e. The first kappa shape index (κ1) is 15.7. The molecular weight excluding hydrogens is 268 g/mol. The molecule has 5 heteroatoms. The maximum absolute atomic E-state index is 5.85. The molecule has 0 bridgehead atoms. The van der Waals surface area contributed by atoms with E-state index in [4.69, 9.17) is 10.7 Å². The van der Waals surface area contributed by atoms with Crippen LogP contribution in [0.1, 0.15) is 43.2 Å². The van der Waals surface area contributed by atoms with Gasteiger partial charge in [-0.3, -0.25) is 0 Å². The minimum atomic E-state index is 0.341. The number of thiazole rings is 1. The molecule has 0 atom stereocenters. The zero-order chi connectivity index (χ0) is 14.8. The lowest BCUT2D eigenvalue weighted by molar-refractivity contribution is 0.0683. The topological polar surface area (TPSA) is 45.4 Å². The summed E-state index contributed by atoms with van der Waals surface area (Å²) >= 11 is 1.77. The molecule has 4 nitrogen and oxygen atoms in total. The van der Waals surface area contributed by atoms with Crippen LogP contribution in [0, 0.1) is 0 Å². The van der Waals surface area contributed by atoms with Gasteiger partial charge in [0.15, 0.2) is 5.13 Å². The smallest absolute Gasteiger partial charge is 0.185 e. The summed E-state index contributed by atoms with van der Waals surface area (Å²) in [5, 5.41) is 1.13. The standard InChI is InChI=1S/C15H28N4S/c1-5-7-12-13(10-16)20-14(17-12)19(4)11-15(18(2)3)8-6-9-15/h5-11,16H2,1-4H3. The summed E-state index contributed by atoms with van der Waals surface area (Å²) in [7, 11) is 6.56. The SMILES string of the molecule is CCCc1nc(N(C)CC2(N(C)C)CCC2)sc1CN. The number of nitrogens with zero attached hydrogens (tertiary/aromatic N) is 3. The van der Waals surface area contributed by atoms with Gasteiger partial charge in [-0.1, -0.05) is 13.3 Å². The molecule has 1 aromatic rings. The minimum absolute atomic E-state index is 0.341. The Hall–Kier alpha value is -0.650. The van der Waals surface area contributed by atoms with Gasteiger partial charge in [0.25, 0.3) is 0 Å². The third kappa shape index (κ3) is 3.00. The van der Waals surface area contributed by atoms with Gasteiger partial charge in [0.2, 0.25) is 0 Å². The predicted molar refractivity (Wildman–Crippen MR) is 87.5 cm³/mol. The first-order valence-corrected chi connectivity index (χ1v) is 8.41. The molecule has 1 heterocycles. The van der Waals surface area contributed by atoms with Gasteiger partial charge in [-0.2, -0.15) is 0 Å². The number of aryl methyl sites for hydroxylation is 1. The van der Waals surface area contributed by atoms with Crippen molar-refractivity contribution in [1.82, 2.24) is 9.88 Å². The highest BCUT2D eigenvalue weighted by atomic mass is 32.1. The van der Waals surface area contributed by atoms with Gasteiger partial charge in [-0.25, -0.2) is 4.98 Å². The summed E-state index contributed by atoms with van der Waals surface area (Å²) in [5.41, 5.74) is 7.40. The average Bonchev–Trinajstić information content (AvgIpc) is 2.77. The Morgan fingerprint density at radius 1 is 1.30 bits per heavy atom. The molecule has 1 aliphatic carbocycles. The molecule has 20 heavy (non-hydrogen) atoms. The molecule has 0 aliphatic heterocycles. The van der Waals surface area contributed by atoms with Gasteiger partial charge in [0.1, 0.15) is 0 Å². The van der Waals surface area contributed by atoms with E-state index < -0.39 is 0 Å². The maximum atomic E-state index is 5.85. The number of anilines is 1. The molecule has 0 aromatic carbocycles. The van der Waals surface area contributed by atoms with Gasteiger partial charge < -0.3 is 15.5 Å². The molecule has 0 unspecified atom stereocenters. The summed E-state index contributed by atoms with van der Waals surface area (Å²) in [4.78, 5) is 10.8. The van der Waals surface area contributed by atoms with Crippen molar-refractivity contribution in [2.75, 3.05) is 32.6 Å². The predicted octanol–water partition coefficient (Wildman–Crippen LogP) is 2.47. The van der Waals surface area contributed by atoms with Crippen molar-refractivity contribution in [3.05, 3.63) is 10.6 Å². The lowest BCUT2D eigenvalue weighted by atomic mass is 9.75. The first-order valence-electron chi connectivity index (χ1n) is 7.59. The van der Waals surface area contributed by atoms with Crippen molar-refractivity contribution < 1.29 is 0 Å². The second-order valence-corrected chi connectivity index (χ2v) is 7.21. The van der Waals surface area contributed by atoms with E-state index in [9.17, 15) is 0 Å². The van der Waals surface area contributed by atoms with Crippen LogP contribution in [0.5, 0.6) is 0 Å². The van der Waals surface area contributed by atoms with E-state index in [0.29, 0.717) is 12.1 Å². The number of hydrogen-bond acceptors (Lipinski definition) is 5. The molecule has 0 amide bonds. The number of rotatable bonds is 7. The highest BCUT2D eigenvalue weighted by Gasteiger charge is 2.40. The lowest BCUT2D eigenvalue weighted by Crippen LogP contribution is -2.56. The van der Waals surface area contributed by atoms with Crippen LogP contribution in [-0.2, 0) is 13.0 Å². The Morgan fingerprint density at radius 2 is 2.00 bits per heavy atom. The van der Waals surface area contributed by atoms with Gasteiger partial charge >= 0.3 is 0 Å². The van der Waals surface area contributed by atoms with Gasteiger partial charge in [0.05, 0.1) is 5.69 Å². The Morgan fingerprint density at radius 3 is 2.45 bits per heavy atom. The maximum Gasteiger partial charge on any atom is 0.185 e. The molecule has 1 aromatic heterocycles. The molecule has 114 valence electrons. The van der Waals surface area contributed by atoms with Gasteiger partial charge in [-0.05, 0) is 39.8 Å². The summed E-state index contributed by atoms with van der Waals surface area (Å²) < 4.78 is 0. The van der Waals surface area contributed by atoms with Crippen LogP contribution in [-0.4, -0.2) is 43.1 Å².